The van der Waals surface area contributed by atoms with Gasteiger partial charge >= 0.3 is 11.9 Å². The molecule has 2 unspecified atom stereocenters. The standard InChI is InChI=1S/C10H18N2O5/c1-3-4-7(10(16)17-2)12-9(15)6(11)5-8(13)14/h6-7H,3-5,11H2,1-2H3,(H,12,15)(H,13,14). The number of esters is 1. The van der Waals surface area contributed by atoms with E-state index in [9.17, 15) is 14.4 Å². The third-order valence-electron chi connectivity index (χ3n) is 2.11. The SMILES string of the molecule is CCCC(NC(=O)C(N)CC(=O)O)C(=O)OC. The molecule has 0 rings (SSSR count). The van der Waals surface area contributed by atoms with Gasteiger partial charge in [-0.3, -0.25) is 9.59 Å². The maximum Gasteiger partial charge on any atom is 0.328 e. The molecule has 2 atom stereocenters. The Morgan fingerprint density at radius 2 is 2.00 bits per heavy atom. The molecule has 0 spiro atoms. The Bertz CT molecular complexity index is 292. The van der Waals surface area contributed by atoms with Gasteiger partial charge in [0.15, 0.2) is 0 Å². The second kappa shape index (κ2) is 7.61. The predicted molar refractivity (Wildman–Crippen MR) is 59.1 cm³/mol. The number of hydrogen-bond acceptors (Lipinski definition) is 5. The predicted octanol–water partition coefficient (Wildman–Crippen LogP) is -0.754. The average molecular weight is 246 g/mol. The van der Waals surface area contributed by atoms with Crippen molar-refractivity contribution in [1.29, 1.82) is 0 Å². The largest absolute Gasteiger partial charge is 0.481 e. The van der Waals surface area contributed by atoms with Crippen LogP contribution in [0.2, 0.25) is 0 Å². The first-order valence-corrected chi connectivity index (χ1v) is 5.27. The molecule has 0 fully saturated rings. The molecule has 0 heterocycles. The molecular formula is C10H18N2O5. The monoisotopic (exact) mass is 246 g/mol. The number of carbonyl (C=O) groups is 3. The van der Waals surface area contributed by atoms with E-state index in [2.05, 4.69) is 10.1 Å². The van der Waals surface area contributed by atoms with Crippen LogP contribution < -0.4 is 11.1 Å². The van der Waals surface area contributed by atoms with Gasteiger partial charge in [-0.05, 0) is 6.42 Å². The number of carboxylic acids is 1. The number of methoxy groups -OCH3 is 1. The van der Waals surface area contributed by atoms with Crippen LogP contribution in [0.1, 0.15) is 26.2 Å². The highest BCUT2D eigenvalue weighted by Crippen LogP contribution is 2.00. The number of nitrogens with two attached hydrogens (primary N) is 1. The van der Waals surface area contributed by atoms with Crippen molar-refractivity contribution in [3.05, 3.63) is 0 Å². The van der Waals surface area contributed by atoms with Gasteiger partial charge in [0.2, 0.25) is 5.91 Å². The molecule has 4 N–H and O–H groups in total. The van der Waals surface area contributed by atoms with E-state index < -0.39 is 36.4 Å². The second-order valence-electron chi connectivity index (χ2n) is 3.58. The molecule has 0 bridgehead atoms. The Kier molecular flexibility index (Phi) is 6.88. The molecule has 0 aliphatic rings. The minimum absolute atomic E-state index is 0.415. The van der Waals surface area contributed by atoms with Gasteiger partial charge in [0.25, 0.3) is 0 Å². The second-order valence-corrected chi connectivity index (χ2v) is 3.58. The molecule has 17 heavy (non-hydrogen) atoms. The normalized spacial score (nSPS) is 13.6. The molecule has 7 nitrogen and oxygen atoms in total. The zero-order valence-electron chi connectivity index (χ0n) is 9.93. The van der Waals surface area contributed by atoms with Gasteiger partial charge in [-0.15, -0.1) is 0 Å². The number of rotatable bonds is 7. The van der Waals surface area contributed by atoms with Crippen molar-refractivity contribution in [2.75, 3.05) is 7.11 Å². The third-order valence-corrected chi connectivity index (χ3v) is 2.11. The van der Waals surface area contributed by atoms with Crippen molar-refractivity contribution in [3.8, 4) is 0 Å². The topological polar surface area (TPSA) is 119 Å². The fraction of sp³-hybridized carbons (Fsp3) is 0.700. The van der Waals surface area contributed by atoms with Gasteiger partial charge in [0.05, 0.1) is 19.6 Å². The quantitative estimate of drug-likeness (QED) is 0.508. The lowest BCUT2D eigenvalue weighted by Crippen LogP contribution is -2.49. The van der Waals surface area contributed by atoms with Crippen LogP contribution in [-0.4, -0.2) is 42.1 Å². The average Bonchev–Trinajstić information content (AvgIpc) is 2.26. The molecule has 0 aromatic heterocycles. The Labute approximate surface area is 99.3 Å². The number of aliphatic carboxylic acids is 1. The summed E-state index contributed by atoms with van der Waals surface area (Å²) in [5, 5.41) is 10.8. The lowest BCUT2D eigenvalue weighted by atomic mass is 10.1. The number of nitrogens with one attached hydrogen (secondary N) is 1. The molecule has 0 saturated heterocycles. The molecule has 0 aromatic carbocycles. The zero-order valence-corrected chi connectivity index (χ0v) is 9.93. The highest BCUT2D eigenvalue weighted by atomic mass is 16.5. The fourth-order valence-electron chi connectivity index (χ4n) is 1.24. The molecule has 0 aliphatic heterocycles. The highest BCUT2D eigenvalue weighted by molar-refractivity contribution is 5.89. The summed E-state index contributed by atoms with van der Waals surface area (Å²) in [4.78, 5) is 33.1. The van der Waals surface area contributed by atoms with E-state index in [1.807, 2.05) is 6.92 Å². The minimum Gasteiger partial charge on any atom is -0.481 e. The summed E-state index contributed by atoms with van der Waals surface area (Å²) < 4.78 is 4.52. The maximum atomic E-state index is 11.5. The minimum atomic E-state index is -1.17. The molecule has 0 aromatic rings. The Hall–Kier alpha value is -1.63. The van der Waals surface area contributed by atoms with Gasteiger partial charge in [-0.2, -0.15) is 0 Å². The summed E-state index contributed by atoms with van der Waals surface area (Å²) in [5.41, 5.74) is 5.36. The summed E-state index contributed by atoms with van der Waals surface area (Å²) in [5.74, 6) is -2.41. The molecule has 0 aliphatic carbocycles. The fourth-order valence-corrected chi connectivity index (χ4v) is 1.24. The zero-order chi connectivity index (χ0) is 13.4. The van der Waals surface area contributed by atoms with Crippen molar-refractivity contribution < 1.29 is 24.2 Å². The van der Waals surface area contributed by atoms with E-state index in [0.717, 1.165) is 0 Å². The van der Waals surface area contributed by atoms with E-state index in [1.54, 1.807) is 0 Å². The van der Waals surface area contributed by atoms with Crippen molar-refractivity contribution in [2.45, 2.75) is 38.3 Å². The van der Waals surface area contributed by atoms with Crippen LogP contribution in [0.3, 0.4) is 0 Å². The number of hydrogen-bond donors (Lipinski definition) is 3. The number of ether oxygens (including phenoxy) is 1. The summed E-state index contributed by atoms with van der Waals surface area (Å²) in [6.45, 7) is 1.85. The van der Waals surface area contributed by atoms with Gasteiger partial charge in [-0.1, -0.05) is 13.3 Å². The van der Waals surface area contributed by atoms with E-state index in [1.165, 1.54) is 7.11 Å². The smallest absolute Gasteiger partial charge is 0.328 e. The Balaban J connectivity index is 4.39. The molecular weight excluding hydrogens is 228 g/mol. The maximum absolute atomic E-state index is 11.5. The Morgan fingerprint density at radius 1 is 1.41 bits per heavy atom. The molecule has 7 heteroatoms. The van der Waals surface area contributed by atoms with E-state index in [4.69, 9.17) is 10.8 Å². The third kappa shape index (κ3) is 5.86. The van der Waals surface area contributed by atoms with E-state index in [0.29, 0.717) is 12.8 Å². The van der Waals surface area contributed by atoms with Crippen LogP contribution in [0.4, 0.5) is 0 Å². The number of carboxylic acid groups (broad SMARTS) is 1. The van der Waals surface area contributed by atoms with Gasteiger partial charge in [0.1, 0.15) is 6.04 Å². The van der Waals surface area contributed by atoms with Crippen LogP contribution in [0.5, 0.6) is 0 Å². The summed E-state index contributed by atoms with van der Waals surface area (Å²) in [6.07, 6.45) is 0.609. The van der Waals surface area contributed by atoms with Gasteiger partial charge < -0.3 is 20.9 Å². The first kappa shape index (κ1) is 15.4. The van der Waals surface area contributed by atoms with Crippen LogP contribution in [0, 0.1) is 0 Å². The molecule has 0 radical (unpaired) electrons. The van der Waals surface area contributed by atoms with Gasteiger partial charge in [0, 0.05) is 0 Å². The summed E-state index contributed by atoms with van der Waals surface area (Å²) in [7, 11) is 1.22. The van der Waals surface area contributed by atoms with Crippen LogP contribution in [0.25, 0.3) is 0 Å². The first-order chi connectivity index (χ1) is 7.92. The van der Waals surface area contributed by atoms with Crippen molar-refractivity contribution in [2.24, 2.45) is 5.73 Å². The Morgan fingerprint density at radius 3 is 2.41 bits per heavy atom. The number of carbonyl (C=O) groups excluding carboxylic acids is 2. The van der Waals surface area contributed by atoms with Crippen LogP contribution >= 0.6 is 0 Å². The molecule has 98 valence electrons. The lowest BCUT2D eigenvalue weighted by molar-refractivity contribution is -0.145. The summed E-state index contributed by atoms with van der Waals surface area (Å²) >= 11 is 0. The van der Waals surface area contributed by atoms with Crippen molar-refractivity contribution in [1.82, 2.24) is 5.32 Å². The van der Waals surface area contributed by atoms with E-state index in [-0.39, 0.29) is 0 Å². The van der Waals surface area contributed by atoms with Crippen LogP contribution in [0.15, 0.2) is 0 Å². The molecule has 0 saturated carbocycles. The van der Waals surface area contributed by atoms with E-state index >= 15 is 0 Å². The summed E-state index contributed by atoms with van der Waals surface area (Å²) in [6, 6.07) is -1.95. The van der Waals surface area contributed by atoms with Crippen molar-refractivity contribution >= 4 is 17.8 Å². The van der Waals surface area contributed by atoms with Crippen molar-refractivity contribution in [3.63, 3.8) is 0 Å². The highest BCUT2D eigenvalue weighted by Gasteiger charge is 2.24. The first-order valence-electron chi connectivity index (χ1n) is 5.27. The van der Waals surface area contributed by atoms with Crippen LogP contribution in [-0.2, 0) is 19.1 Å². The lowest BCUT2D eigenvalue weighted by Gasteiger charge is -2.17. The molecule has 1 amide bonds. The van der Waals surface area contributed by atoms with Gasteiger partial charge in [-0.25, -0.2) is 4.79 Å². The number of amides is 1.